The summed E-state index contributed by atoms with van der Waals surface area (Å²) in [5.41, 5.74) is -1.35. The summed E-state index contributed by atoms with van der Waals surface area (Å²) in [5, 5.41) is 8.79. The number of rotatable bonds is 7. The van der Waals surface area contributed by atoms with Gasteiger partial charge in [-0.05, 0) is 0 Å². The third-order valence-corrected chi connectivity index (χ3v) is 3.13. The number of aromatic carboxylic acids is 1. The Morgan fingerprint density at radius 2 is 2.05 bits per heavy atom. The number of thiazole rings is 1. The predicted octanol–water partition coefficient (Wildman–Crippen LogP) is 2.07. The highest BCUT2D eigenvalue weighted by Gasteiger charge is 2.39. The lowest BCUT2D eigenvalue weighted by atomic mass is 10.3. The summed E-state index contributed by atoms with van der Waals surface area (Å²) in [4.78, 5) is 13.2. The Hall–Kier alpha value is -1.19. The zero-order valence-electron chi connectivity index (χ0n) is 9.99. The quantitative estimate of drug-likeness (QED) is 0.781. The van der Waals surface area contributed by atoms with Gasteiger partial charge in [0.25, 0.3) is 0 Å². The molecule has 0 unspecified atom stereocenters. The minimum absolute atomic E-state index is 0.0853. The highest BCUT2D eigenvalue weighted by molar-refractivity contribution is 7.13. The second kappa shape index (κ2) is 6.83. The number of carbonyl (C=O) groups is 1. The molecule has 0 saturated heterocycles. The smallest absolute Gasteiger partial charge is 0.435 e. The van der Waals surface area contributed by atoms with Crippen molar-refractivity contribution >= 4 is 17.3 Å². The van der Waals surface area contributed by atoms with E-state index in [1.54, 1.807) is 0 Å². The van der Waals surface area contributed by atoms with E-state index < -0.39 is 22.7 Å². The van der Waals surface area contributed by atoms with Crippen LogP contribution < -0.4 is 0 Å². The van der Waals surface area contributed by atoms with Crippen molar-refractivity contribution < 1.29 is 32.5 Å². The van der Waals surface area contributed by atoms with Crippen LogP contribution >= 0.6 is 11.3 Å². The van der Waals surface area contributed by atoms with Crippen LogP contribution in [-0.2, 0) is 22.1 Å². The summed E-state index contributed by atoms with van der Waals surface area (Å²) in [6.45, 7) is 0.860. The summed E-state index contributed by atoms with van der Waals surface area (Å²) in [5.74, 6) is -1.63. The maximum atomic E-state index is 12.5. The van der Waals surface area contributed by atoms with Gasteiger partial charge in [0.1, 0.15) is 4.88 Å². The molecule has 9 heteroatoms. The Kier molecular flexibility index (Phi) is 5.70. The molecule has 5 nitrogen and oxygen atoms in total. The summed E-state index contributed by atoms with van der Waals surface area (Å²) in [7, 11) is 1.50. The molecule has 0 spiro atoms. The molecule has 0 atom stereocenters. The summed E-state index contributed by atoms with van der Waals surface area (Å²) < 4.78 is 47.4. The van der Waals surface area contributed by atoms with Gasteiger partial charge in [0, 0.05) is 13.5 Å². The van der Waals surface area contributed by atoms with Crippen molar-refractivity contribution in [1.29, 1.82) is 0 Å². The first-order valence-corrected chi connectivity index (χ1v) is 6.04. The molecule has 0 radical (unpaired) electrons. The van der Waals surface area contributed by atoms with Crippen LogP contribution in [0.25, 0.3) is 0 Å². The third-order valence-electron chi connectivity index (χ3n) is 2.03. The lowest BCUT2D eigenvalue weighted by Gasteiger charge is -2.02. The predicted molar refractivity (Wildman–Crippen MR) is 60.5 cm³/mol. The number of methoxy groups -OCH3 is 1. The van der Waals surface area contributed by atoms with E-state index in [1.807, 2.05) is 0 Å². The number of alkyl halides is 3. The van der Waals surface area contributed by atoms with Gasteiger partial charge in [0.2, 0.25) is 0 Å². The van der Waals surface area contributed by atoms with Crippen molar-refractivity contribution in [2.24, 2.45) is 0 Å². The molecule has 0 amide bonds. The maximum absolute atomic E-state index is 12.5. The van der Waals surface area contributed by atoms with E-state index in [4.69, 9.17) is 14.6 Å². The molecule has 0 saturated carbocycles. The molecule has 1 aromatic heterocycles. The molecule has 1 N–H and O–H groups in total. The second-order valence-corrected chi connectivity index (χ2v) is 4.53. The summed E-state index contributed by atoms with van der Waals surface area (Å²) >= 11 is 0.516. The lowest BCUT2D eigenvalue weighted by molar-refractivity contribution is -0.141. The monoisotopic (exact) mass is 299 g/mol. The first-order valence-electron chi connectivity index (χ1n) is 5.23. The number of nitrogens with zero attached hydrogens (tertiary/aromatic N) is 1. The molecular weight excluding hydrogens is 287 g/mol. The van der Waals surface area contributed by atoms with Gasteiger partial charge in [-0.3, -0.25) is 0 Å². The van der Waals surface area contributed by atoms with E-state index in [1.165, 1.54) is 7.11 Å². The van der Waals surface area contributed by atoms with Crippen molar-refractivity contribution in [3.05, 3.63) is 15.6 Å². The lowest BCUT2D eigenvalue weighted by Crippen LogP contribution is -2.11. The highest BCUT2D eigenvalue weighted by Crippen LogP contribution is 2.34. The number of halogens is 3. The number of hydrogen-bond acceptors (Lipinski definition) is 5. The Labute approximate surface area is 111 Å². The molecule has 0 bridgehead atoms. The molecule has 0 fully saturated rings. The Balaban J connectivity index is 2.68. The zero-order chi connectivity index (χ0) is 14.5. The number of aromatic nitrogens is 1. The van der Waals surface area contributed by atoms with Crippen LogP contribution in [-0.4, -0.2) is 43.0 Å². The van der Waals surface area contributed by atoms with Crippen molar-refractivity contribution in [2.75, 3.05) is 26.9 Å². The minimum atomic E-state index is -4.76. The van der Waals surface area contributed by atoms with Crippen LogP contribution in [0, 0.1) is 0 Å². The van der Waals surface area contributed by atoms with Gasteiger partial charge >= 0.3 is 12.1 Å². The molecule has 108 valence electrons. The average Bonchev–Trinajstić information content (AvgIpc) is 2.73. The zero-order valence-corrected chi connectivity index (χ0v) is 10.8. The molecule has 1 aromatic rings. The van der Waals surface area contributed by atoms with E-state index in [0.717, 1.165) is 0 Å². The molecule has 1 rings (SSSR count). The van der Waals surface area contributed by atoms with Gasteiger partial charge in [-0.1, -0.05) is 0 Å². The molecule has 0 aliphatic heterocycles. The van der Waals surface area contributed by atoms with E-state index in [2.05, 4.69) is 4.98 Å². The Morgan fingerprint density at radius 3 is 2.53 bits per heavy atom. The van der Waals surface area contributed by atoms with Crippen LogP contribution in [0.3, 0.4) is 0 Å². The molecule has 1 heterocycles. The minimum Gasteiger partial charge on any atom is -0.477 e. The SMILES string of the molecule is COCCOCCc1nc(C(F)(F)F)c(C(=O)O)s1. The van der Waals surface area contributed by atoms with Crippen LogP contribution in [0.15, 0.2) is 0 Å². The number of carboxylic acids is 1. The van der Waals surface area contributed by atoms with Crippen molar-refractivity contribution in [1.82, 2.24) is 4.98 Å². The largest absolute Gasteiger partial charge is 0.477 e. The van der Waals surface area contributed by atoms with Crippen molar-refractivity contribution in [3.63, 3.8) is 0 Å². The fraction of sp³-hybridized carbons (Fsp3) is 0.600. The highest BCUT2D eigenvalue weighted by atomic mass is 32.1. The molecule has 19 heavy (non-hydrogen) atoms. The van der Waals surface area contributed by atoms with Gasteiger partial charge < -0.3 is 14.6 Å². The Morgan fingerprint density at radius 1 is 1.37 bits per heavy atom. The topological polar surface area (TPSA) is 68.7 Å². The molecular formula is C10H12F3NO4S. The number of ether oxygens (including phenoxy) is 2. The third kappa shape index (κ3) is 4.77. The van der Waals surface area contributed by atoms with Crippen molar-refractivity contribution in [2.45, 2.75) is 12.6 Å². The van der Waals surface area contributed by atoms with Gasteiger partial charge in [0.05, 0.1) is 24.8 Å². The van der Waals surface area contributed by atoms with E-state index in [0.29, 0.717) is 24.6 Å². The van der Waals surface area contributed by atoms with E-state index >= 15 is 0 Å². The van der Waals surface area contributed by atoms with Crippen LogP contribution in [0.1, 0.15) is 20.4 Å². The normalized spacial score (nSPS) is 11.8. The molecule has 0 aromatic carbocycles. The second-order valence-electron chi connectivity index (χ2n) is 3.44. The molecule has 0 aliphatic rings. The first kappa shape index (κ1) is 15.9. The standard InChI is InChI=1S/C10H12F3NO4S/c1-17-4-5-18-3-2-6-14-8(10(11,12)13)7(19-6)9(15)16/h2-5H2,1H3,(H,15,16). The van der Waals surface area contributed by atoms with Gasteiger partial charge in [0.15, 0.2) is 5.69 Å². The summed E-state index contributed by atoms with van der Waals surface area (Å²) in [6, 6.07) is 0. The Bertz CT molecular complexity index is 433. The van der Waals surface area contributed by atoms with Gasteiger partial charge in [-0.15, -0.1) is 11.3 Å². The van der Waals surface area contributed by atoms with Crippen LogP contribution in [0.2, 0.25) is 0 Å². The first-order chi connectivity index (χ1) is 8.86. The fourth-order valence-corrected chi connectivity index (χ4v) is 2.12. The van der Waals surface area contributed by atoms with Gasteiger partial charge in [-0.25, -0.2) is 9.78 Å². The summed E-state index contributed by atoms with van der Waals surface area (Å²) in [6.07, 6.45) is -4.63. The number of carboxylic acid groups (broad SMARTS) is 1. The maximum Gasteiger partial charge on any atom is 0.435 e. The number of hydrogen-bond donors (Lipinski definition) is 1. The van der Waals surface area contributed by atoms with Gasteiger partial charge in [-0.2, -0.15) is 13.2 Å². The van der Waals surface area contributed by atoms with Crippen LogP contribution in [0.4, 0.5) is 13.2 Å². The molecule has 0 aliphatic carbocycles. The van der Waals surface area contributed by atoms with E-state index in [9.17, 15) is 18.0 Å². The van der Waals surface area contributed by atoms with E-state index in [-0.39, 0.29) is 18.0 Å². The fourth-order valence-electron chi connectivity index (χ4n) is 1.21. The van der Waals surface area contributed by atoms with Crippen LogP contribution in [0.5, 0.6) is 0 Å². The van der Waals surface area contributed by atoms with Crippen molar-refractivity contribution in [3.8, 4) is 0 Å². The average molecular weight is 299 g/mol.